The quantitative estimate of drug-likeness (QED) is 0.635. The first-order chi connectivity index (χ1) is 12.0. The molecule has 2 aliphatic heterocycles. The highest BCUT2D eigenvalue weighted by Crippen LogP contribution is 2.14. The van der Waals surface area contributed by atoms with Gasteiger partial charge >= 0.3 is 0 Å². The fourth-order valence-corrected chi connectivity index (χ4v) is 5.34. The van der Waals surface area contributed by atoms with Crippen molar-refractivity contribution >= 4 is 16.1 Å². The first-order valence-electron chi connectivity index (χ1n) is 9.74. The number of rotatable bonds is 8. The summed E-state index contributed by atoms with van der Waals surface area (Å²) >= 11 is 0. The van der Waals surface area contributed by atoms with Gasteiger partial charge in [-0.1, -0.05) is 13.8 Å². The first-order valence-corrected chi connectivity index (χ1v) is 11.1. The van der Waals surface area contributed by atoms with Gasteiger partial charge in [0.25, 0.3) is 10.2 Å². The van der Waals surface area contributed by atoms with Crippen molar-refractivity contribution in [3.63, 3.8) is 0 Å². The summed E-state index contributed by atoms with van der Waals surface area (Å²) in [6.45, 7) is 9.51. The molecule has 0 aromatic carbocycles. The number of nitrogens with zero attached hydrogens (tertiary/aromatic N) is 4. The third kappa shape index (κ3) is 5.64. The molecule has 8 heteroatoms. The van der Waals surface area contributed by atoms with Crippen molar-refractivity contribution < 1.29 is 13.2 Å². The molecular formula is C17H34N4O3S. The number of carbonyl (C=O) groups is 1. The maximum absolute atomic E-state index is 12.8. The molecule has 146 valence electrons. The van der Waals surface area contributed by atoms with Crippen molar-refractivity contribution in [2.24, 2.45) is 0 Å². The normalized spacial score (nSPS) is 21.0. The molecule has 7 nitrogen and oxygen atoms in total. The van der Waals surface area contributed by atoms with Crippen LogP contribution in [0.1, 0.15) is 46.0 Å². The van der Waals surface area contributed by atoms with Gasteiger partial charge in [0, 0.05) is 52.4 Å². The molecule has 1 amide bonds. The van der Waals surface area contributed by atoms with Crippen LogP contribution in [0.15, 0.2) is 0 Å². The van der Waals surface area contributed by atoms with Crippen LogP contribution in [0.5, 0.6) is 0 Å². The van der Waals surface area contributed by atoms with E-state index in [2.05, 4.69) is 4.90 Å². The summed E-state index contributed by atoms with van der Waals surface area (Å²) in [7, 11) is -3.38. The van der Waals surface area contributed by atoms with E-state index >= 15 is 0 Å². The van der Waals surface area contributed by atoms with Crippen LogP contribution >= 0.6 is 0 Å². The molecule has 0 aromatic heterocycles. The van der Waals surface area contributed by atoms with Crippen LogP contribution in [-0.4, -0.2) is 91.6 Å². The van der Waals surface area contributed by atoms with Gasteiger partial charge < -0.3 is 4.90 Å². The molecule has 0 spiro atoms. The zero-order valence-electron chi connectivity index (χ0n) is 15.8. The molecule has 25 heavy (non-hydrogen) atoms. The molecule has 2 aliphatic rings. The number of carbonyl (C=O) groups excluding carboxylic acids is 1. The number of amides is 1. The summed E-state index contributed by atoms with van der Waals surface area (Å²) in [6.07, 6.45) is 5.06. The molecule has 0 N–H and O–H groups in total. The number of likely N-dealkylation sites (tertiary alicyclic amines) is 1. The van der Waals surface area contributed by atoms with E-state index in [9.17, 15) is 13.2 Å². The van der Waals surface area contributed by atoms with Crippen molar-refractivity contribution in [3.05, 3.63) is 0 Å². The highest BCUT2D eigenvalue weighted by molar-refractivity contribution is 7.86. The molecule has 2 heterocycles. The molecule has 0 atom stereocenters. The molecule has 2 fully saturated rings. The fraction of sp³-hybridized carbons (Fsp3) is 0.941. The van der Waals surface area contributed by atoms with Crippen molar-refractivity contribution in [2.75, 3.05) is 58.9 Å². The van der Waals surface area contributed by atoms with E-state index in [0.717, 1.165) is 38.8 Å². The van der Waals surface area contributed by atoms with Crippen LogP contribution in [0.25, 0.3) is 0 Å². The van der Waals surface area contributed by atoms with Crippen molar-refractivity contribution in [2.45, 2.75) is 46.0 Å². The van der Waals surface area contributed by atoms with E-state index in [0.29, 0.717) is 45.8 Å². The van der Waals surface area contributed by atoms with E-state index in [-0.39, 0.29) is 5.91 Å². The number of piperidine rings is 1. The van der Waals surface area contributed by atoms with Crippen molar-refractivity contribution in [3.8, 4) is 0 Å². The Morgan fingerprint density at radius 3 is 1.96 bits per heavy atom. The number of hydrogen-bond acceptors (Lipinski definition) is 4. The van der Waals surface area contributed by atoms with E-state index in [1.54, 1.807) is 8.61 Å². The molecular weight excluding hydrogens is 340 g/mol. The second-order valence-electron chi connectivity index (χ2n) is 7.02. The smallest absolute Gasteiger partial charge is 0.282 e. The third-order valence-electron chi connectivity index (χ3n) is 5.00. The van der Waals surface area contributed by atoms with Crippen LogP contribution < -0.4 is 0 Å². The minimum Gasteiger partial charge on any atom is -0.342 e. The number of hydrogen-bond donors (Lipinski definition) is 0. The molecule has 0 unspecified atom stereocenters. The predicted molar refractivity (Wildman–Crippen MR) is 99.5 cm³/mol. The Labute approximate surface area is 153 Å². The Kier molecular flexibility index (Phi) is 8.12. The molecule has 2 saturated heterocycles. The lowest BCUT2D eigenvalue weighted by molar-refractivity contribution is -0.133. The van der Waals surface area contributed by atoms with Gasteiger partial charge in [-0.25, -0.2) is 0 Å². The van der Waals surface area contributed by atoms with Gasteiger partial charge in [0.15, 0.2) is 0 Å². The summed E-state index contributed by atoms with van der Waals surface area (Å²) in [5, 5.41) is 0. The van der Waals surface area contributed by atoms with Gasteiger partial charge in [0.1, 0.15) is 0 Å². The first kappa shape index (κ1) is 20.6. The zero-order chi connectivity index (χ0) is 18.3. The van der Waals surface area contributed by atoms with E-state index in [1.807, 2.05) is 18.7 Å². The van der Waals surface area contributed by atoms with Gasteiger partial charge in [0.05, 0.1) is 6.54 Å². The van der Waals surface area contributed by atoms with Gasteiger partial charge in [-0.15, -0.1) is 0 Å². The minimum atomic E-state index is -3.38. The lowest BCUT2D eigenvalue weighted by Gasteiger charge is -2.37. The highest BCUT2D eigenvalue weighted by atomic mass is 32.2. The molecule has 0 aromatic rings. The van der Waals surface area contributed by atoms with Crippen molar-refractivity contribution in [1.82, 2.24) is 18.4 Å². The minimum absolute atomic E-state index is 0.189. The molecule has 0 saturated carbocycles. The summed E-state index contributed by atoms with van der Waals surface area (Å²) in [5.41, 5.74) is 0. The Hall–Kier alpha value is -0.700. The SMILES string of the molecule is CCCN(CCC)S(=O)(=O)N1CCN(CC(=O)N2CCCCC2)CC1. The van der Waals surface area contributed by atoms with Crippen molar-refractivity contribution in [1.29, 1.82) is 0 Å². The number of piperazine rings is 1. The zero-order valence-corrected chi connectivity index (χ0v) is 16.6. The predicted octanol–water partition coefficient (Wildman–Crippen LogP) is 0.983. The Morgan fingerprint density at radius 2 is 1.44 bits per heavy atom. The monoisotopic (exact) mass is 374 g/mol. The van der Waals surface area contributed by atoms with Gasteiger partial charge in [-0.2, -0.15) is 17.0 Å². The standard InChI is InChI=1S/C17H34N4O3S/c1-3-8-20(9-4-2)25(23,24)21-14-12-18(13-15-21)16-17(22)19-10-6-5-7-11-19/h3-16H2,1-2H3. The van der Waals surface area contributed by atoms with Gasteiger partial charge in [-0.3, -0.25) is 9.69 Å². The van der Waals surface area contributed by atoms with Crippen LogP contribution in [-0.2, 0) is 15.0 Å². The van der Waals surface area contributed by atoms with Crippen LogP contribution in [0, 0.1) is 0 Å². The van der Waals surface area contributed by atoms with E-state index in [4.69, 9.17) is 0 Å². The lowest BCUT2D eigenvalue weighted by atomic mass is 10.1. The summed E-state index contributed by atoms with van der Waals surface area (Å²) in [5.74, 6) is 0.189. The third-order valence-corrected chi connectivity index (χ3v) is 7.03. The summed E-state index contributed by atoms with van der Waals surface area (Å²) < 4.78 is 28.8. The maximum Gasteiger partial charge on any atom is 0.282 e. The molecule has 0 aliphatic carbocycles. The Morgan fingerprint density at radius 1 is 0.880 bits per heavy atom. The van der Waals surface area contributed by atoms with Gasteiger partial charge in [-0.05, 0) is 32.1 Å². The van der Waals surface area contributed by atoms with E-state index < -0.39 is 10.2 Å². The lowest BCUT2D eigenvalue weighted by Crippen LogP contribution is -2.55. The Balaban J connectivity index is 1.84. The molecule has 0 bridgehead atoms. The Bertz CT molecular complexity index is 506. The topological polar surface area (TPSA) is 64.2 Å². The average Bonchev–Trinajstić information content (AvgIpc) is 2.62. The summed E-state index contributed by atoms with van der Waals surface area (Å²) in [6, 6.07) is 0. The highest BCUT2D eigenvalue weighted by Gasteiger charge is 2.32. The summed E-state index contributed by atoms with van der Waals surface area (Å²) in [4.78, 5) is 16.4. The second kappa shape index (κ2) is 9.85. The second-order valence-corrected chi connectivity index (χ2v) is 8.95. The fourth-order valence-electron chi connectivity index (χ4n) is 3.56. The molecule has 2 rings (SSSR count). The van der Waals surface area contributed by atoms with Gasteiger partial charge in [0.2, 0.25) is 5.91 Å². The average molecular weight is 375 g/mol. The van der Waals surface area contributed by atoms with Crippen LogP contribution in [0.4, 0.5) is 0 Å². The van der Waals surface area contributed by atoms with Crippen LogP contribution in [0.2, 0.25) is 0 Å². The van der Waals surface area contributed by atoms with E-state index in [1.165, 1.54) is 6.42 Å². The largest absolute Gasteiger partial charge is 0.342 e. The molecule has 0 radical (unpaired) electrons. The maximum atomic E-state index is 12.8. The van der Waals surface area contributed by atoms with Crippen LogP contribution in [0.3, 0.4) is 0 Å².